The summed E-state index contributed by atoms with van der Waals surface area (Å²) in [4.78, 5) is 11.5. The molecule has 0 aliphatic carbocycles. The van der Waals surface area contributed by atoms with Crippen LogP contribution in [-0.4, -0.2) is 29.7 Å². The molecule has 0 aliphatic rings. The average Bonchev–Trinajstić information content (AvgIpc) is 3.43. The molecule has 0 amide bonds. The van der Waals surface area contributed by atoms with Crippen LogP contribution >= 0.6 is 46.7 Å². The van der Waals surface area contributed by atoms with Crippen molar-refractivity contribution in [2.75, 3.05) is 13.6 Å². The molecule has 0 spiro atoms. The Balaban J connectivity index is 0.00000300. The third kappa shape index (κ3) is 6.26. The van der Waals surface area contributed by atoms with Crippen LogP contribution in [0.4, 0.5) is 0 Å². The minimum atomic E-state index is 0. The molecule has 0 aromatic carbocycles. The minimum absolute atomic E-state index is 0. The second-order valence-corrected chi connectivity index (χ2v) is 8.59. The van der Waals surface area contributed by atoms with Gasteiger partial charge < -0.3 is 15.2 Å². The van der Waals surface area contributed by atoms with Gasteiger partial charge in [-0.15, -0.1) is 46.7 Å². The summed E-state index contributed by atoms with van der Waals surface area (Å²) in [5, 5.41) is 14.1. The number of nitrogens with one attached hydrogen (secondary N) is 2. The van der Waals surface area contributed by atoms with Gasteiger partial charge in [-0.2, -0.15) is 0 Å². The molecule has 0 saturated carbocycles. The molecule has 0 radical (unpaired) electrons. The van der Waals surface area contributed by atoms with E-state index < -0.39 is 0 Å². The van der Waals surface area contributed by atoms with Crippen molar-refractivity contribution in [1.82, 2.24) is 20.8 Å². The SMILES string of the molecule is CCc1noc(CC)c1CNC(=NC)NCCc1ccc(-c2csc(C)n2)s1.I. The van der Waals surface area contributed by atoms with E-state index in [-0.39, 0.29) is 24.0 Å². The smallest absolute Gasteiger partial charge is 0.191 e. The highest BCUT2D eigenvalue weighted by Crippen LogP contribution is 2.29. The molecule has 0 saturated heterocycles. The molecule has 3 rings (SSSR count). The minimum Gasteiger partial charge on any atom is -0.361 e. The number of aryl methyl sites for hydroxylation is 3. The summed E-state index contributed by atoms with van der Waals surface area (Å²) < 4.78 is 5.43. The van der Waals surface area contributed by atoms with Crippen molar-refractivity contribution >= 4 is 52.6 Å². The summed E-state index contributed by atoms with van der Waals surface area (Å²) in [5.41, 5.74) is 3.24. The van der Waals surface area contributed by atoms with E-state index in [0.717, 1.165) is 59.5 Å². The number of halogens is 1. The monoisotopic (exact) mass is 545 g/mol. The Labute approximate surface area is 197 Å². The van der Waals surface area contributed by atoms with Gasteiger partial charge in [0.15, 0.2) is 5.96 Å². The maximum atomic E-state index is 5.43. The van der Waals surface area contributed by atoms with Gasteiger partial charge in [0, 0.05) is 42.4 Å². The van der Waals surface area contributed by atoms with Gasteiger partial charge in [-0.1, -0.05) is 19.0 Å². The number of nitrogens with zero attached hydrogens (tertiary/aromatic N) is 3. The molecule has 2 N–H and O–H groups in total. The van der Waals surface area contributed by atoms with Gasteiger partial charge in [0.1, 0.15) is 5.76 Å². The van der Waals surface area contributed by atoms with Crippen molar-refractivity contribution in [1.29, 1.82) is 0 Å². The van der Waals surface area contributed by atoms with Gasteiger partial charge >= 0.3 is 0 Å². The van der Waals surface area contributed by atoms with Crippen LogP contribution in [0, 0.1) is 6.92 Å². The molecule has 0 unspecified atom stereocenters. The Bertz CT molecular complexity index is 910. The molecule has 158 valence electrons. The zero-order chi connectivity index (χ0) is 19.9. The topological polar surface area (TPSA) is 75.3 Å². The summed E-state index contributed by atoms with van der Waals surface area (Å²) in [6, 6.07) is 4.34. The summed E-state index contributed by atoms with van der Waals surface area (Å²) in [5.74, 6) is 1.74. The lowest BCUT2D eigenvalue weighted by molar-refractivity contribution is 0.380. The fraction of sp³-hybridized carbons (Fsp3) is 0.450. The van der Waals surface area contributed by atoms with E-state index in [1.165, 1.54) is 9.75 Å². The van der Waals surface area contributed by atoms with E-state index >= 15 is 0 Å². The first-order valence-electron chi connectivity index (χ1n) is 9.56. The van der Waals surface area contributed by atoms with Crippen LogP contribution in [0.1, 0.15) is 40.7 Å². The van der Waals surface area contributed by atoms with Crippen LogP contribution in [0.15, 0.2) is 27.0 Å². The molecular weight excluding hydrogens is 517 g/mol. The number of thiophene rings is 1. The number of aromatic nitrogens is 2. The quantitative estimate of drug-likeness (QED) is 0.241. The van der Waals surface area contributed by atoms with Gasteiger partial charge in [0.05, 0.1) is 21.3 Å². The van der Waals surface area contributed by atoms with E-state index in [1.54, 1.807) is 29.7 Å². The normalized spacial score (nSPS) is 11.4. The highest BCUT2D eigenvalue weighted by Gasteiger charge is 2.13. The van der Waals surface area contributed by atoms with E-state index in [2.05, 4.69) is 57.1 Å². The van der Waals surface area contributed by atoms with E-state index in [4.69, 9.17) is 4.52 Å². The Morgan fingerprint density at radius 1 is 1.21 bits per heavy atom. The third-order valence-corrected chi connectivity index (χ3v) is 6.40. The standard InChI is InChI=1S/C20H27N5OS2.HI/c1-5-16-15(18(6-2)26-25-16)11-23-20(21-4)22-10-9-14-7-8-19(28-14)17-12-27-13(3)24-17;/h7-8,12H,5-6,9-11H2,1-4H3,(H2,21,22,23);1H. The molecule has 3 aromatic heterocycles. The molecule has 3 heterocycles. The van der Waals surface area contributed by atoms with Gasteiger partial charge in [-0.05, 0) is 31.9 Å². The lowest BCUT2D eigenvalue weighted by Crippen LogP contribution is -2.38. The van der Waals surface area contributed by atoms with Crippen molar-refractivity contribution in [2.24, 2.45) is 4.99 Å². The Kier molecular flexibility index (Phi) is 9.57. The van der Waals surface area contributed by atoms with Crippen LogP contribution < -0.4 is 10.6 Å². The zero-order valence-corrected chi connectivity index (χ0v) is 21.2. The lowest BCUT2D eigenvalue weighted by Gasteiger charge is -2.11. The number of thiazole rings is 1. The summed E-state index contributed by atoms with van der Waals surface area (Å²) >= 11 is 3.49. The molecule has 9 heteroatoms. The highest BCUT2D eigenvalue weighted by atomic mass is 127. The molecule has 0 aliphatic heterocycles. The number of hydrogen-bond acceptors (Lipinski definition) is 6. The maximum absolute atomic E-state index is 5.43. The van der Waals surface area contributed by atoms with E-state index in [9.17, 15) is 0 Å². The number of aliphatic imine (C=N–C) groups is 1. The first-order valence-corrected chi connectivity index (χ1v) is 11.3. The predicted octanol–water partition coefficient (Wildman–Crippen LogP) is 4.82. The highest BCUT2D eigenvalue weighted by molar-refractivity contribution is 14.0. The first-order chi connectivity index (χ1) is 13.6. The molecule has 29 heavy (non-hydrogen) atoms. The molecule has 3 aromatic rings. The van der Waals surface area contributed by atoms with Crippen molar-refractivity contribution in [3.8, 4) is 10.6 Å². The molecular formula is C20H28IN5OS2. The van der Waals surface area contributed by atoms with Gasteiger partial charge in [0.25, 0.3) is 0 Å². The van der Waals surface area contributed by atoms with Crippen molar-refractivity contribution in [2.45, 2.75) is 46.6 Å². The molecule has 6 nitrogen and oxygen atoms in total. The average molecular weight is 546 g/mol. The number of guanidine groups is 1. The van der Waals surface area contributed by atoms with Crippen molar-refractivity contribution in [3.05, 3.63) is 44.4 Å². The molecule has 0 bridgehead atoms. The lowest BCUT2D eigenvalue weighted by atomic mass is 10.1. The zero-order valence-electron chi connectivity index (χ0n) is 17.2. The fourth-order valence-electron chi connectivity index (χ4n) is 2.96. The van der Waals surface area contributed by atoms with E-state index in [1.807, 2.05) is 6.92 Å². The molecule has 0 fully saturated rings. The van der Waals surface area contributed by atoms with Gasteiger partial charge in [0.2, 0.25) is 0 Å². The Morgan fingerprint density at radius 3 is 2.69 bits per heavy atom. The fourth-order valence-corrected chi connectivity index (χ4v) is 4.62. The van der Waals surface area contributed by atoms with Crippen LogP contribution in [-0.2, 0) is 25.8 Å². The second kappa shape index (κ2) is 11.7. The van der Waals surface area contributed by atoms with Crippen molar-refractivity contribution in [3.63, 3.8) is 0 Å². The van der Waals surface area contributed by atoms with Gasteiger partial charge in [-0.3, -0.25) is 4.99 Å². The largest absolute Gasteiger partial charge is 0.361 e. The van der Waals surface area contributed by atoms with Crippen LogP contribution in [0.2, 0.25) is 0 Å². The maximum Gasteiger partial charge on any atom is 0.191 e. The van der Waals surface area contributed by atoms with Gasteiger partial charge in [-0.25, -0.2) is 4.98 Å². The Morgan fingerprint density at radius 2 is 2.03 bits per heavy atom. The second-order valence-electron chi connectivity index (χ2n) is 6.36. The Hall–Kier alpha value is -1.46. The third-order valence-electron chi connectivity index (χ3n) is 4.46. The number of hydrogen-bond donors (Lipinski definition) is 2. The van der Waals surface area contributed by atoms with Crippen LogP contribution in [0.25, 0.3) is 10.6 Å². The molecule has 0 atom stereocenters. The summed E-state index contributed by atoms with van der Waals surface area (Å²) in [7, 11) is 1.79. The predicted molar refractivity (Wildman–Crippen MR) is 133 cm³/mol. The number of rotatable bonds is 8. The first kappa shape index (κ1) is 23.8. The van der Waals surface area contributed by atoms with Crippen molar-refractivity contribution < 1.29 is 4.52 Å². The van der Waals surface area contributed by atoms with Crippen LogP contribution in [0.5, 0.6) is 0 Å². The van der Waals surface area contributed by atoms with Crippen LogP contribution in [0.3, 0.4) is 0 Å². The summed E-state index contributed by atoms with van der Waals surface area (Å²) in [6.07, 6.45) is 2.66. The van der Waals surface area contributed by atoms with E-state index in [0.29, 0.717) is 6.54 Å². The summed E-state index contributed by atoms with van der Waals surface area (Å²) in [6.45, 7) is 7.70.